The molecule has 0 saturated heterocycles. The number of imide groups is 1. The number of rotatable bonds is 14. The number of carbonyl (C=O) groups is 6. The second-order valence-electron chi connectivity index (χ2n) is 7.81. The maximum Gasteiger partial charge on any atom is 0.328 e. The number of carbonyl (C=O) groups excluding carboxylic acids is 4. The van der Waals surface area contributed by atoms with Crippen molar-refractivity contribution in [1.29, 1.82) is 0 Å². The Morgan fingerprint density at radius 3 is 2.17 bits per heavy atom. The molecule has 11 nitrogen and oxygen atoms in total. The summed E-state index contributed by atoms with van der Waals surface area (Å²) in [5, 5.41) is 22.9. The maximum absolute atomic E-state index is 12.4. The van der Waals surface area contributed by atoms with Gasteiger partial charge >= 0.3 is 11.9 Å². The lowest BCUT2D eigenvalue weighted by Gasteiger charge is -2.13. The van der Waals surface area contributed by atoms with E-state index in [1.54, 1.807) is 12.1 Å². The lowest BCUT2D eigenvalue weighted by atomic mass is 10.1. The van der Waals surface area contributed by atoms with Crippen LogP contribution in [0.3, 0.4) is 0 Å². The summed E-state index contributed by atoms with van der Waals surface area (Å²) in [5.41, 5.74) is 1.19. The Morgan fingerprint density at radius 1 is 0.833 bits per heavy atom. The van der Waals surface area contributed by atoms with E-state index in [2.05, 4.69) is 10.6 Å². The predicted octanol–water partition coefficient (Wildman–Crippen LogP) is 1.81. The van der Waals surface area contributed by atoms with Crippen molar-refractivity contribution < 1.29 is 39.0 Å². The van der Waals surface area contributed by atoms with E-state index in [0.29, 0.717) is 42.6 Å². The fourth-order valence-electron chi connectivity index (χ4n) is 3.26. The molecule has 0 spiro atoms. The maximum atomic E-state index is 12.4. The van der Waals surface area contributed by atoms with E-state index < -0.39 is 17.8 Å². The largest absolute Gasteiger partial charge is 0.478 e. The van der Waals surface area contributed by atoms with Crippen molar-refractivity contribution in [3.8, 4) is 0 Å². The first kappa shape index (κ1) is 27.7. The summed E-state index contributed by atoms with van der Waals surface area (Å²) < 4.78 is 0. The molecule has 1 aromatic carbocycles. The third-order valence-electron chi connectivity index (χ3n) is 5.04. The van der Waals surface area contributed by atoms with Gasteiger partial charge in [0, 0.05) is 55.9 Å². The molecule has 0 bridgehead atoms. The van der Waals surface area contributed by atoms with Crippen LogP contribution in [0.5, 0.6) is 0 Å². The fraction of sp³-hybridized carbons (Fsp3) is 0.280. The molecular formula is C25H27N3O8. The van der Waals surface area contributed by atoms with E-state index in [-0.39, 0.29) is 37.1 Å². The second kappa shape index (κ2) is 14.0. The average molecular weight is 498 g/mol. The number of nitrogens with zero attached hydrogens (tertiary/aromatic N) is 1. The summed E-state index contributed by atoms with van der Waals surface area (Å²) in [6, 6.07) is 4.63. The van der Waals surface area contributed by atoms with Crippen LogP contribution in [0.15, 0.2) is 42.5 Å². The SMILES string of the molecule is O=C(O)/C=C/c1ccc(/C=C/C(=O)O)c(NC(=O)CCNC(=O)CCCCCN2C(=O)C=CC2=O)c1. The smallest absolute Gasteiger partial charge is 0.328 e. The first-order valence-corrected chi connectivity index (χ1v) is 11.2. The van der Waals surface area contributed by atoms with Crippen LogP contribution in [0.4, 0.5) is 5.69 Å². The van der Waals surface area contributed by atoms with Gasteiger partial charge < -0.3 is 20.8 Å². The molecule has 11 heteroatoms. The molecule has 0 radical (unpaired) electrons. The highest BCUT2D eigenvalue weighted by Gasteiger charge is 2.22. The van der Waals surface area contributed by atoms with Gasteiger partial charge in [-0.2, -0.15) is 0 Å². The minimum atomic E-state index is -1.17. The molecule has 1 aromatic rings. The highest BCUT2D eigenvalue weighted by Crippen LogP contribution is 2.21. The van der Waals surface area contributed by atoms with Gasteiger partial charge in [0.15, 0.2) is 0 Å². The molecule has 0 fully saturated rings. The molecule has 0 saturated carbocycles. The highest BCUT2D eigenvalue weighted by atomic mass is 16.4. The minimum absolute atomic E-state index is 0.0325. The van der Waals surface area contributed by atoms with Gasteiger partial charge in [0.05, 0.1) is 0 Å². The number of unbranched alkanes of at least 4 members (excludes halogenated alkanes) is 2. The quantitative estimate of drug-likeness (QED) is 0.171. The first-order valence-electron chi connectivity index (χ1n) is 11.2. The zero-order valence-electron chi connectivity index (χ0n) is 19.4. The molecule has 1 heterocycles. The third kappa shape index (κ3) is 9.75. The molecule has 36 heavy (non-hydrogen) atoms. The monoisotopic (exact) mass is 497 g/mol. The van der Waals surface area contributed by atoms with Gasteiger partial charge in [-0.3, -0.25) is 24.1 Å². The summed E-state index contributed by atoms with van der Waals surface area (Å²) in [4.78, 5) is 70.0. The fourth-order valence-corrected chi connectivity index (χ4v) is 3.26. The lowest BCUT2D eigenvalue weighted by molar-refractivity contribution is -0.137. The number of aliphatic carboxylic acids is 2. The van der Waals surface area contributed by atoms with E-state index >= 15 is 0 Å². The van der Waals surface area contributed by atoms with Gasteiger partial charge in [-0.25, -0.2) is 9.59 Å². The second-order valence-corrected chi connectivity index (χ2v) is 7.81. The lowest BCUT2D eigenvalue weighted by Crippen LogP contribution is -2.31. The molecular weight excluding hydrogens is 470 g/mol. The van der Waals surface area contributed by atoms with Crippen molar-refractivity contribution in [2.45, 2.75) is 32.1 Å². The van der Waals surface area contributed by atoms with E-state index in [0.717, 1.165) is 17.1 Å². The van der Waals surface area contributed by atoms with Crippen molar-refractivity contribution in [3.63, 3.8) is 0 Å². The van der Waals surface area contributed by atoms with Crippen LogP contribution in [0, 0.1) is 0 Å². The van der Waals surface area contributed by atoms with Crippen LogP contribution in [-0.2, 0) is 28.8 Å². The van der Waals surface area contributed by atoms with Gasteiger partial charge in [-0.05, 0) is 42.2 Å². The number of anilines is 1. The molecule has 1 aliphatic rings. The molecule has 0 unspecified atom stereocenters. The van der Waals surface area contributed by atoms with Crippen LogP contribution in [0.2, 0.25) is 0 Å². The molecule has 1 aliphatic heterocycles. The summed E-state index contributed by atoms with van der Waals surface area (Å²) in [6.45, 7) is 0.398. The number of benzene rings is 1. The Morgan fingerprint density at radius 2 is 1.50 bits per heavy atom. The van der Waals surface area contributed by atoms with E-state index in [1.165, 1.54) is 30.4 Å². The molecule has 0 atom stereocenters. The topological polar surface area (TPSA) is 170 Å². The Bertz CT molecular complexity index is 1100. The Kier molecular flexibility index (Phi) is 10.8. The predicted molar refractivity (Wildman–Crippen MR) is 130 cm³/mol. The Labute approximate surface area is 207 Å². The summed E-state index contributed by atoms with van der Waals surface area (Å²) >= 11 is 0. The molecule has 190 valence electrons. The Balaban J connectivity index is 1.77. The van der Waals surface area contributed by atoms with E-state index in [9.17, 15) is 28.8 Å². The summed E-state index contributed by atoms with van der Waals surface area (Å²) in [6.07, 6.45) is 8.97. The molecule has 0 aromatic heterocycles. The summed E-state index contributed by atoms with van der Waals surface area (Å²) in [5.74, 6) is -3.62. The van der Waals surface area contributed by atoms with Crippen LogP contribution in [0.1, 0.15) is 43.2 Å². The third-order valence-corrected chi connectivity index (χ3v) is 5.04. The number of hydrogen-bond donors (Lipinski definition) is 4. The van der Waals surface area contributed by atoms with Crippen molar-refractivity contribution in [2.75, 3.05) is 18.4 Å². The van der Waals surface area contributed by atoms with E-state index in [1.807, 2.05) is 0 Å². The zero-order chi connectivity index (χ0) is 26.5. The molecule has 2 rings (SSSR count). The van der Waals surface area contributed by atoms with Crippen molar-refractivity contribution in [2.24, 2.45) is 0 Å². The molecule has 0 aliphatic carbocycles. The van der Waals surface area contributed by atoms with Crippen LogP contribution < -0.4 is 10.6 Å². The first-order chi connectivity index (χ1) is 17.2. The summed E-state index contributed by atoms with van der Waals surface area (Å²) in [7, 11) is 0. The standard InChI is InChI=1S/C25H27N3O8/c29-20(4-2-1-3-15-28-22(31)9-10-23(28)32)26-14-13-21(30)27-19-16-17(6-11-24(33)34)5-7-18(19)8-12-25(35)36/h5-12,16H,1-4,13-15H2,(H,26,29)(H,27,30)(H,33,34)(H,35,36)/b11-6+,12-8+. The van der Waals surface area contributed by atoms with Gasteiger partial charge in [0.25, 0.3) is 11.8 Å². The van der Waals surface area contributed by atoms with Gasteiger partial charge in [0.1, 0.15) is 0 Å². The van der Waals surface area contributed by atoms with Crippen molar-refractivity contribution in [3.05, 3.63) is 53.6 Å². The highest BCUT2D eigenvalue weighted by molar-refractivity contribution is 6.12. The van der Waals surface area contributed by atoms with Gasteiger partial charge in [-0.15, -0.1) is 0 Å². The minimum Gasteiger partial charge on any atom is -0.478 e. The molecule has 4 N–H and O–H groups in total. The number of carboxylic acids is 2. The molecule has 4 amide bonds. The Hall–Kier alpha value is -4.54. The number of hydrogen-bond acceptors (Lipinski definition) is 6. The van der Waals surface area contributed by atoms with E-state index in [4.69, 9.17) is 10.2 Å². The van der Waals surface area contributed by atoms with Crippen LogP contribution in [0.25, 0.3) is 12.2 Å². The number of carboxylic acid groups (broad SMARTS) is 2. The van der Waals surface area contributed by atoms with Crippen LogP contribution in [-0.4, -0.2) is 63.8 Å². The number of nitrogens with one attached hydrogen (secondary N) is 2. The average Bonchev–Trinajstić information content (AvgIpc) is 3.13. The van der Waals surface area contributed by atoms with Crippen molar-refractivity contribution in [1.82, 2.24) is 10.2 Å². The zero-order valence-corrected chi connectivity index (χ0v) is 19.4. The van der Waals surface area contributed by atoms with Gasteiger partial charge in [0.2, 0.25) is 11.8 Å². The normalized spacial score (nSPS) is 13.1. The van der Waals surface area contributed by atoms with Crippen LogP contribution >= 0.6 is 0 Å². The van der Waals surface area contributed by atoms with Gasteiger partial charge in [-0.1, -0.05) is 18.6 Å². The number of amides is 4. The van der Waals surface area contributed by atoms with Crippen molar-refractivity contribution >= 4 is 53.4 Å².